The molecule has 1 aromatic rings. The molecule has 3 saturated carbocycles. The van der Waals surface area contributed by atoms with Crippen molar-refractivity contribution in [1.29, 1.82) is 0 Å². The third kappa shape index (κ3) is 2.10. The van der Waals surface area contributed by atoms with Crippen molar-refractivity contribution in [1.82, 2.24) is 0 Å². The van der Waals surface area contributed by atoms with Crippen LogP contribution in [0.3, 0.4) is 0 Å². The second kappa shape index (κ2) is 5.98. The Morgan fingerprint density at radius 2 is 1.70 bits per heavy atom. The van der Waals surface area contributed by atoms with Gasteiger partial charge in [0, 0.05) is 29.2 Å². The molecule has 5 aliphatic rings. The van der Waals surface area contributed by atoms with Crippen LogP contribution in [0.1, 0.15) is 72.0 Å². The number of aliphatic hydroxyl groups excluding tert-OH is 1. The second-order valence-corrected chi connectivity index (χ2v) is 12.2. The summed E-state index contributed by atoms with van der Waals surface area (Å²) < 4.78 is 17.5. The van der Waals surface area contributed by atoms with Crippen LogP contribution >= 0.6 is 0 Å². The van der Waals surface area contributed by atoms with E-state index in [4.69, 9.17) is 13.9 Å². The minimum absolute atomic E-state index is 0.0185. The van der Waals surface area contributed by atoms with Gasteiger partial charge in [-0.15, -0.1) is 0 Å². The van der Waals surface area contributed by atoms with E-state index in [9.17, 15) is 19.5 Å². The molecule has 7 heteroatoms. The average molecular weight is 457 g/mol. The Balaban J connectivity index is 1.53. The SMILES string of the molecule is CC1(C)[C@H](O)CC(=O)[C@]2(C)[C@@H]1CC(=O)[C@]1(C)[C@H]2CC[C@@]2(C)[C@H](c3ccoc3)OC(=O)[C@H]3O[C@@]321. The molecular weight excluding hydrogens is 424 g/mol. The average Bonchev–Trinajstić information content (AvgIpc) is 3.32. The number of carbonyl (C=O) groups excluding carboxylic acids is 3. The quantitative estimate of drug-likeness (QED) is 0.510. The lowest BCUT2D eigenvalue weighted by atomic mass is 9.35. The van der Waals surface area contributed by atoms with Gasteiger partial charge in [0.15, 0.2) is 6.10 Å². The van der Waals surface area contributed by atoms with Crippen LogP contribution in [-0.4, -0.2) is 40.5 Å². The molecule has 0 bridgehead atoms. The molecule has 9 atom stereocenters. The zero-order valence-corrected chi connectivity index (χ0v) is 19.8. The first-order valence-electron chi connectivity index (χ1n) is 12.0. The number of ketones is 2. The summed E-state index contributed by atoms with van der Waals surface area (Å²) in [6.07, 6.45) is 2.56. The first kappa shape index (κ1) is 21.5. The van der Waals surface area contributed by atoms with Crippen molar-refractivity contribution in [2.75, 3.05) is 0 Å². The Morgan fingerprint density at radius 3 is 2.36 bits per heavy atom. The lowest BCUT2D eigenvalue weighted by Gasteiger charge is -2.67. The van der Waals surface area contributed by atoms with E-state index in [-0.39, 0.29) is 36.2 Å². The number of epoxide rings is 1. The van der Waals surface area contributed by atoms with Crippen molar-refractivity contribution in [3.8, 4) is 0 Å². The second-order valence-electron chi connectivity index (χ2n) is 12.2. The summed E-state index contributed by atoms with van der Waals surface area (Å²) in [5.74, 6) is -0.940. The summed E-state index contributed by atoms with van der Waals surface area (Å²) in [5, 5.41) is 10.7. The van der Waals surface area contributed by atoms with Crippen LogP contribution in [0.2, 0.25) is 0 Å². The van der Waals surface area contributed by atoms with E-state index in [0.717, 1.165) is 5.56 Å². The molecule has 2 aliphatic heterocycles. The van der Waals surface area contributed by atoms with Crippen molar-refractivity contribution in [3.05, 3.63) is 24.2 Å². The van der Waals surface area contributed by atoms with Crippen molar-refractivity contribution in [2.45, 2.75) is 84.2 Å². The number of hydrogen-bond donors (Lipinski definition) is 1. The summed E-state index contributed by atoms with van der Waals surface area (Å²) >= 11 is 0. The van der Waals surface area contributed by atoms with Crippen molar-refractivity contribution >= 4 is 17.5 Å². The summed E-state index contributed by atoms with van der Waals surface area (Å²) in [4.78, 5) is 40.8. The first-order chi connectivity index (χ1) is 15.4. The largest absolute Gasteiger partial charge is 0.472 e. The van der Waals surface area contributed by atoms with Gasteiger partial charge in [0.2, 0.25) is 0 Å². The number of rotatable bonds is 1. The molecular formula is C26H32O7. The Hall–Kier alpha value is -1.99. The number of cyclic esters (lactones) is 1. The maximum absolute atomic E-state index is 14.1. The topological polar surface area (TPSA) is 106 Å². The highest BCUT2D eigenvalue weighted by Gasteiger charge is 2.88. The molecule has 2 saturated heterocycles. The number of furan rings is 1. The molecule has 33 heavy (non-hydrogen) atoms. The Bertz CT molecular complexity index is 1070. The molecule has 5 fully saturated rings. The van der Waals surface area contributed by atoms with Gasteiger partial charge in [-0.2, -0.15) is 0 Å². The molecule has 6 rings (SSSR count). The fraction of sp³-hybridized carbons (Fsp3) is 0.731. The van der Waals surface area contributed by atoms with Gasteiger partial charge in [0.05, 0.1) is 24.0 Å². The smallest absolute Gasteiger partial charge is 0.339 e. The van der Waals surface area contributed by atoms with Crippen molar-refractivity contribution < 1.29 is 33.4 Å². The van der Waals surface area contributed by atoms with Crippen molar-refractivity contribution in [3.63, 3.8) is 0 Å². The Morgan fingerprint density at radius 1 is 0.970 bits per heavy atom. The lowest BCUT2D eigenvalue weighted by molar-refractivity contribution is -0.225. The Labute approximate surface area is 193 Å². The van der Waals surface area contributed by atoms with Crippen molar-refractivity contribution in [2.24, 2.45) is 33.5 Å². The van der Waals surface area contributed by atoms with Gasteiger partial charge in [0.1, 0.15) is 23.3 Å². The summed E-state index contributed by atoms with van der Waals surface area (Å²) in [6, 6.07) is 1.79. The third-order valence-corrected chi connectivity index (χ3v) is 10.9. The molecule has 1 spiro atoms. The lowest BCUT2D eigenvalue weighted by Crippen LogP contribution is -2.73. The maximum atomic E-state index is 14.1. The molecule has 0 amide bonds. The number of aliphatic hydroxyl groups is 1. The predicted octanol–water partition coefficient (Wildman–Crippen LogP) is 3.39. The minimum Gasteiger partial charge on any atom is -0.472 e. The summed E-state index contributed by atoms with van der Waals surface area (Å²) in [7, 11) is 0. The van der Waals surface area contributed by atoms with Crippen LogP contribution in [0, 0.1) is 33.5 Å². The summed E-state index contributed by atoms with van der Waals surface area (Å²) in [5.41, 5.74) is -3.24. The van der Waals surface area contributed by atoms with Crippen LogP contribution in [0.5, 0.6) is 0 Å². The standard InChI is InChI=1S/C26H32O7/c1-22(2)15-10-18(29)25(5)14(24(15,4)17(28)11-16(22)27)6-8-23(3)19(13-7-9-31-12-13)32-21(30)20-26(23,25)33-20/h7,9,12,14-16,19-20,27H,6,8,10-11H2,1-5H3/t14-,15+,16+,19-,20+,23-,24-,25-,26-/m0/s1. The van der Waals surface area contributed by atoms with Crippen LogP contribution in [0.4, 0.5) is 0 Å². The van der Waals surface area contributed by atoms with Crippen LogP contribution in [0.15, 0.2) is 23.0 Å². The van der Waals surface area contributed by atoms with Gasteiger partial charge < -0.3 is 19.0 Å². The molecule has 3 aliphatic carbocycles. The minimum atomic E-state index is -1.02. The normalized spacial score (nSPS) is 52.2. The highest BCUT2D eigenvalue weighted by atomic mass is 16.7. The number of hydrogen-bond acceptors (Lipinski definition) is 7. The van der Waals surface area contributed by atoms with E-state index >= 15 is 0 Å². The van der Waals surface area contributed by atoms with Crippen LogP contribution in [-0.2, 0) is 23.9 Å². The molecule has 3 heterocycles. The van der Waals surface area contributed by atoms with E-state index in [1.807, 2.05) is 27.7 Å². The van der Waals surface area contributed by atoms with E-state index in [0.29, 0.717) is 12.8 Å². The monoisotopic (exact) mass is 456 g/mol. The molecule has 0 unspecified atom stereocenters. The van der Waals surface area contributed by atoms with Gasteiger partial charge in [-0.1, -0.05) is 27.7 Å². The van der Waals surface area contributed by atoms with Gasteiger partial charge in [-0.25, -0.2) is 4.79 Å². The molecule has 0 aromatic carbocycles. The first-order valence-corrected chi connectivity index (χ1v) is 12.0. The van der Waals surface area contributed by atoms with Crippen LogP contribution in [0.25, 0.3) is 0 Å². The number of carbonyl (C=O) groups is 3. The predicted molar refractivity (Wildman–Crippen MR) is 115 cm³/mol. The highest BCUT2D eigenvalue weighted by Crippen LogP contribution is 2.78. The highest BCUT2D eigenvalue weighted by molar-refractivity contribution is 5.97. The molecule has 0 radical (unpaired) electrons. The zero-order chi connectivity index (χ0) is 23.8. The molecule has 1 aromatic heterocycles. The number of fused-ring (bicyclic) bond motifs is 3. The fourth-order valence-electron chi connectivity index (χ4n) is 8.93. The van der Waals surface area contributed by atoms with Gasteiger partial charge in [-0.05, 0) is 43.1 Å². The van der Waals surface area contributed by atoms with Gasteiger partial charge in [0.25, 0.3) is 0 Å². The van der Waals surface area contributed by atoms with E-state index in [2.05, 4.69) is 6.92 Å². The number of esters is 1. The van der Waals surface area contributed by atoms with E-state index in [1.165, 1.54) is 0 Å². The molecule has 178 valence electrons. The number of Topliss-reactive ketones (excluding diaryl/α,β-unsaturated/α-hetero) is 2. The zero-order valence-electron chi connectivity index (χ0n) is 19.8. The van der Waals surface area contributed by atoms with Gasteiger partial charge in [-0.3, -0.25) is 9.59 Å². The fourth-order valence-corrected chi connectivity index (χ4v) is 8.93. The van der Waals surface area contributed by atoms with E-state index < -0.39 is 51.5 Å². The Kier molecular flexibility index (Phi) is 3.90. The van der Waals surface area contributed by atoms with Gasteiger partial charge >= 0.3 is 5.97 Å². The number of ether oxygens (including phenoxy) is 2. The van der Waals surface area contributed by atoms with E-state index in [1.54, 1.807) is 18.6 Å². The third-order valence-electron chi connectivity index (χ3n) is 10.9. The maximum Gasteiger partial charge on any atom is 0.339 e. The van der Waals surface area contributed by atoms with Crippen LogP contribution < -0.4 is 0 Å². The molecule has 7 nitrogen and oxygen atoms in total. The summed E-state index contributed by atoms with van der Waals surface area (Å²) in [6.45, 7) is 9.91. The molecule has 1 N–H and O–H groups in total.